The molecule has 0 spiro atoms. The van der Waals surface area contributed by atoms with Crippen molar-refractivity contribution in [3.63, 3.8) is 0 Å². The molecule has 0 bridgehead atoms. The van der Waals surface area contributed by atoms with Crippen molar-refractivity contribution in [1.82, 2.24) is 10.6 Å². The number of carbonyl (C=O) groups excluding carboxylic acids is 1. The normalized spacial score (nSPS) is 19.8. The van der Waals surface area contributed by atoms with Gasteiger partial charge in [-0.3, -0.25) is 4.79 Å². The number of hydrogen-bond donors (Lipinski definition) is 2. The maximum Gasteiger partial charge on any atom is 0.253 e. The van der Waals surface area contributed by atoms with E-state index in [9.17, 15) is 4.79 Å². The van der Waals surface area contributed by atoms with Gasteiger partial charge in [-0.1, -0.05) is 23.7 Å². The first-order chi connectivity index (χ1) is 7.68. The Morgan fingerprint density at radius 1 is 1.56 bits per heavy atom. The van der Waals surface area contributed by atoms with E-state index in [4.69, 9.17) is 11.6 Å². The number of rotatable bonds is 2. The summed E-state index contributed by atoms with van der Waals surface area (Å²) in [5, 5.41) is 6.73. The largest absolute Gasteiger partial charge is 0.348 e. The van der Waals surface area contributed by atoms with Crippen LogP contribution in [-0.2, 0) is 0 Å². The lowest BCUT2D eigenvalue weighted by Crippen LogP contribution is -2.36. The summed E-state index contributed by atoms with van der Waals surface area (Å²) in [6.45, 7) is 3.71. The van der Waals surface area contributed by atoms with Crippen molar-refractivity contribution < 1.29 is 4.79 Å². The van der Waals surface area contributed by atoms with E-state index < -0.39 is 0 Å². The van der Waals surface area contributed by atoms with Gasteiger partial charge in [0.1, 0.15) is 0 Å². The van der Waals surface area contributed by atoms with Crippen LogP contribution in [0.2, 0.25) is 5.02 Å². The average molecular weight is 239 g/mol. The second-order valence-electron chi connectivity index (χ2n) is 4.10. The molecule has 1 heterocycles. The summed E-state index contributed by atoms with van der Waals surface area (Å²) in [5.41, 5.74) is 1.49. The molecule has 86 valence electrons. The Balaban J connectivity index is 2.11. The molecule has 0 saturated carbocycles. The molecule has 1 saturated heterocycles. The van der Waals surface area contributed by atoms with E-state index in [1.54, 1.807) is 6.07 Å². The van der Waals surface area contributed by atoms with E-state index >= 15 is 0 Å². The minimum Gasteiger partial charge on any atom is -0.348 e. The van der Waals surface area contributed by atoms with Crippen LogP contribution in [0.5, 0.6) is 0 Å². The standard InChI is InChI=1S/C12H15ClN2O/c1-8-3-2-4-10(11(8)13)12(16)15-9-5-6-14-7-9/h2-4,9,14H,5-7H2,1H3,(H,15,16)/t9-/m0/s1. The molecule has 1 amide bonds. The van der Waals surface area contributed by atoms with Crippen molar-refractivity contribution in [2.45, 2.75) is 19.4 Å². The number of benzene rings is 1. The summed E-state index contributed by atoms with van der Waals surface area (Å²) in [6, 6.07) is 5.73. The monoisotopic (exact) mass is 238 g/mol. The highest BCUT2D eigenvalue weighted by Gasteiger charge is 2.19. The summed E-state index contributed by atoms with van der Waals surface area (Å²) in [6.07, 6.45) is 0.981. The van der Waals surface area contributed by atoms with Gasteiger partial charge in [-0.25, -0.2) is 0 Å². The van der Waals surface area contributed by atoms with E-state index in [0.717, 1.165) is 25.1 Å². The Hall–Kier alpha value is -1.06. The van der Waals surface area contributed by atoms with Crippen molar-refractivity contribution in [2.75, 3.05) is 13.1 Å². The van der Waals surface area contributed by atoms with Crippen LogP contribution < -0.4 is 10.6 Å². The Bertz CT molecular complexity index is 400. The predicted octanol–water partition coefficient (Wildman–Crippen LogP) is 1.74. The third-order valence-electron chi connectivity index (χ3n) is 2.83. The second-order valence-corrected chi connectivity index (χ2v) is 4.48. The van der Waals surface area contributed by atoms with E-state index in [0.29, 0.717) is 10.6 Å². The zero-order valence-corrected chi connectivity index (χ0v) is 9.97. The zero-order chi connectivity index (χ0) is 11.5. The highest BCUT2D eigenvalue weighted by atomic mass is 35.5. The number of aryl methyl sites for hydroxylation is 1. The van der Waals surface area contributed by atoms with Gasteiger partial charge < -0.3 is 10.6 Å². The molecule has 1 aliphatic heterocycles. The van der Waals surface area contributed by atoms with Crippen molar-refractivity contribution in [3.8, 4) is 0 Å². The summed E-state index contributed by atoms with van der Waals surface area (Å²) < 4.78 is 0. The highest BCUT2D eigenvalue weighted by Crippen LogP contribution is 2.20. The maximum atomic E-state index is 12.0. The van der Waals surface area contributed by atoms with Crippen molar-refractivity contribution in [2.24, 2.45) is 0 Å². The quantitative estimate of drug-likeness (QED) is 0.824. The molecule has 1 fully saturated rings. The summed E-state index contributed by atoms with van der Waals surface area (Å²) in [4.78, 5) is 12.0. The molecular weight excluding hydrogens is 224 g/mol. The van der Waals surface area contributed by atoms with Crippen LogP contribution >= 0.6 is 11.6 Å². The lowest BCUT2D eigenvalue weighted by atomic mass is 10.1. The van der Waals surface area contributed by atoms with Crippen molar-refractivity contribution in [3.05, 3.63) is 34.3 Å². The molecule has 1 aromatic carbocycles. The first kappa shape index (κ1) is 11.4. The number of amides is 1. The van der Waals surface area contributed by atoms with Crippen molar-refractivity contribution >= 4 is 17.5 Å². The van der Waals surface area contributed by atoms with Gasteiger partial charge in [-0.05, 0) is 31.5 Å². The van der Waals surface area contributed by atoms with E-state index in [1.807, 2.05) is 19.1 Å². The Morgan fingerprint density at radius 2 is 2.38 bits per heavy atom. The van der Waals surface area contributed by atoms with Crippen LogP contribution in [0.3, 0.4) is 0 Å². The summed E-state index contributed by atoms with van der Waals surface area (Å²) in [7, 11) is 0. The molecule has 2 rings (SSSR count). The summed E-state index contributed by atoms with van der Waals surface area (Å²) in [5.74, 6) is -0.0811. The first-order valence-electron chi connectivity index (χ1n) is 5.45. The second kappa shape index (κ2) is 4.85. The highest BCUT2D eigenvalue weighted by molar-refractivity contribution is 6.34. The molecule has 1 atom stereocenters. The molecule has 0 unspecified atom stereocenters. The lowest BCUT2D eigenvalue weighted by molar-refractivity contribution is 0.0940. The maximum absolute atomic E-state index is 12.0. The number of hydrogen-bond acceptors (Lipinski definition) is 2. The molecule has 0 aliphatic carbocycles. The van der Waals surface area contributed by atoms with Crippen LogP contribution in [-0.4, -0.2) is 25.0 Å². The average Bonchev–Trinajstić information content (AvgIpc) is 2.74. The Morgan fingerprint density at radius 3 is 3.06 bits per heavy atom. The molecule has 1 aliphatic rings. The van der Waals surface area contributed by atoms with Gasteiger partial charge in [-0.15, -0.1) is 0 Å². The fourth-order valence-electron chi connectivity index (χ4n) is 1.86. The smallest absolute Gasteiger partial charge is 0.253 e. The van der Waals surface area contributed by atoms with Gasteiger partial charge >= 0.3 is 0 Å². The van der Waals surface area contributed by atoms with Crippen LogP contribution in [0, 0.1) is 6.92 Å². The summed E-state index contributed by atoms with van der Waals surface area (Å²) >= 11 is 6.10. The molecule has 3 nitrogen and oxygen atoms in total. The molecule has 0 aromatic heterocycles. The molecule has 16 heavy (non-hydrogen) atoms. The first-order valence-corrected chi connectivity index (χ1v) is 5.83. The third kappa shape index (κ3) is 2.36. The van der Waals surface area contributed by atoms with Crippen LogP contribution in [0.4, 0.5) is 0 Å². The zero-order valence-electron chi connectivity index (χ0n) is 9.22. The number of carbonyl (C=O) groups is 1. The minimum atomic E-state index is -0.0811. The van der Waals surface area contributed by atoms with Crippen molar-refractivity contribution in [1.29, 1.82) is 0 Å². The topological polar surface area (TPSA) is 41.1 Å². The molecular formula is C12H15ClN2O. The molecule has 1 aromatic rings. The Labute approximate surface area is 100 Å². The Kier molecular flexibility index (Phi) is 3.46. The third-order valence-corrected chi connectivity index (χ3v) is 3.33. The van der Waals surface area contributed by atoms with E-state index in [1.165, 1.54) is 0 Å². The van der Waals surface area contributed by atoms with Gasteiger partial charge in [0.05, 0.1) is 10.6 Å². The number of halogens is 1. The van der Waals surface area contributed by atoms with Crippen LogP contribution in [0.25, 0.3) is 0 Å². The number of nitrogens with one attached hydrogen (secondary N) is 2. The van der Waals surface area contributed by atoms with Crippen LogP contribution in [0.1, 0.15) is 22.3 Å². The van der Waals surface area contributed by atoms with Gasteiger partial charge in [0.2, 0.25) is 0 Å². The van der Waals surface area contributed by atoms with Gasteiger partial charge in [0.15, 0.2) is 0 Å². The fourth-order valence-corrected chi connectivity index (χ4v) is 2.08. The minimum absolute atomic E-state index is 0.0811. The van der Waals surface area contributed by atoms with Crippen LogP contribution in [0.15, 0.2) is 18.2 Å². The van der Waals surface area contributed by atoms with Gasteiger partial charge in [0, 0.05) is 12.6 Å². The van der Waals surface area contributed by atoms with E-state index in [-0.39, 0.29) is 11.9 Å². The molecule has 0 radical (unpaired) electrons. The SMILES string of the molecule is Cc1cccc(C(=O)N[C@H]2CCNC2)c1Cl. The van der Waals surface area contributed by atoms with Gasteiger partial charge in [0.25, 0.3) is 5.91 Å². The fraction of sp³-hybridized carbons (Fsp3) is 0.417. The van der Waals surface area contributed by atoms with E-state index in [2.05, 4.69) is 10.6 Å². The molecule has 4 heteroatoms. The van der Waals surface area contributed by atoms with Gasteiger partial charge in [-0.2, -0.15) is 0 Å². The lowest BCUT2D eigenvalue weighted by Gasteiger charge is -2.12. The molecule has 2 N–H and O–H groups in total. The predicted molar refractivity (Wildman–Crippen MR) is 64.9 cm³/mol.